The van der Waals surface area contributed by atoms with Crippen LogP contribution in [-0.2, 0) is 11.3 Å². The Kier molecular flexibility index (Phi) is 6.31. The number of aromatic nitrogens is 2. The lowest BCUT2D eigenvalue weighted by atomic mass is 9.97. The summed E-state index contributed by atoms with van der Waals surface area (Å²) < 4.78 is 2.00. The van der Waals surface area contributed by atoms with Crippen molar-refractivity contribution >= 4 is 24.3 Å². The van der Waals surface area contributed by atoms with Crippen molar-refractivity contribution in [3.05, 3.63) is 12.4 Å². The minimum atomic E-state index is 0. The molecule has 108 valence electrons. The van der Waals surface area contributed by atoms with E-state index in [4.69, 9.17) is 0 Å². The van der Waals surface area contributed by atoms with Crippen LogP contribution in [0.15, 0.2) is 12.4 Å². The summed E-state index contributed by atoms with van der Waals surface area (Å²) in [6.45, 7) is 7.04. The fraction of sp³-hybridized carbons (Fsp3) is 0.692. The maximum Gasteiger partial charge on any atom is 0.229 e. The third kappa shape index (κ3) is 4.51. The van der Waals surface area contributed by atoms with Gasteiger partial charge in [0.2, 0.25) is 11.9 Å². The lowest BCUT2D eigenvalue weighted by Crippen LogP contribution is -2.35. The SMILES string of the molecule is CC(C)Cn1ccnc1NC(=O)C1CCNCC1.Cl. The number of carbonyl (C=O) groups excluding carboxylic acids is 1. The summed E-state index contributed by atoms with van der Waals surface area (Å²) in [6, 6.07) is 0. The predicted octanol–water partition coefficient (Wildman–Crippen LogP) is 1.90. The molecule has 0 atom stereocenters. The number of nitrogens with one attached hydrogen (secondary N) is 2. The van der Waals surface area contributed by atoms with Crippen LogP contribution < -0.4 is 10.6 Å². The molecule has 0 spiro atoms. The number of nitrogens with zero attached hydrogens (tertiary/aromatic N) is 2. The first kappa shape index (κ1) is 16.0. The van der Waals surface area contributed by atoms with Crippen molar-refractivity contribution in [2.24, 2.45) is 11.8 Å². The summed E-state index contributed by atoms with van der Waals surface area (Å²) in [5.41, 5.74) is 0. The third-order valence-corrected chi connectivity index (χ3v) is 3.22. The zero-order valence-corrected chi connectivity index (χ0v) is 12.4. The van der Waals surface area contributed by atoms with Gasteiger partial charge in [0.05, 0.1) is 0 Å². The number of halogens is 1. The molecule has 0 aromatic carbocycles. The van der Waals surface area contributed by atoms with Crippen LogP contribution in [0.5, 0.6) is 0 Å². The molecule has 2 N–H and O–H groups in total. The van der Waals surface area contributed by atoms with Gasteiger partial charge in [0.15, 0.2) is 0 Å². The van der Waals surface area contributed by atoms with Crippen molar-refractivity contribution in [2.45, 2.75) is 33.2 Å². The first-order valence-corrected chi connectivity index (χ1v) is 6.69. The van der Waals surface area contributed by atoms with Crippen molar-refractivity contribution in [1.82, 2.24) is 14.9 Å². The van der Waals surface area contributed by atoms with Gasteiger partial charge < -0.3 is 9.88 Å². The number of hydrogen-bond acceptors (Lipinski definition) is 3. The molecule has 0 unspecified atom stereocenters. The van der Waals surface area contributed by atoms with E-state index in [0.717, 1.165) is 32.5 Å². The smallest absolute Gasteiger partial charge is 0.229 e. The first-order valence-electron chi connectivity index (χ1n) is 6.69. The number of hydrogen-bond donors (Lipinski definition) is 2. The van der Waals surface area contributed by atoms with Gasteiger partial charge in [0.25, 0.3) is 0 Å². The van der Waals surface area contributed by atoms with Crippen molar-refractivity contribution < 1.29 is 4.79 Å². The Balaban J connectivity index is 0.00000180. The predicted molar refractivity (Wildman–Crippen MR) is 78.5 cm³/mol. The highest BCUT2D eigenvalue weighted by Gasteiger charge is 2.22. The second-order valence-electron chi connectivity index (χ2n) is 5.31. The van der Waals surface area contributed by atoms with Crippen LogP contribution in [-0.4, -0.2) is 28.5 Å². The number of rotatable bonds is 4. The Bertz CT molecular complexity index is 399. The molecular formula is C13H23ClN4O. The van der Waals surface area contributed by atoms with Crippen molar-refractivity contribution in [3.8, 4) is 0 Å². The maximum absolute atomic E-state index is 12.1. The molecule has 1 aromatic rings. The van der Waals surface area contributed by atoms with E-state index in [1.165, 1.54) is 0 Å². The van der Waals surface area contributed by atoms with Crippen LogP contribution in [0.3, 0.4) is 0 Å². The van der Waals surface area contributed by atoms with E-state index in [1.54, 1.807) is 6.20 Å². The maximum atomic E-state index is 12.1. The fourth-order valence-electron chi connectivity index (χ4n) is 2.27. The molecule has 2 rings (SSSR count). The van der Waals surface area contributed by atoms with Gasteiger partial charge in [-0.3, -0.25) is 10.1 Å². The molecule has 2 heterocycles. The van der Waals surface area contributed by atoms with Gasteiger partial charge in [-0.05, 0) is 31.8 Å². The average molecular weight is 287 g/mol. The monoisotopic (exact) mass is 286 g/mol. The number of imidazole rings is 1. The Morgan fingerprint density at radius 1 is 1.53 bits per heavy atom. The Morgan fingerprint density at radius 3 is 2.84 bits per heavy atom. The fourth-order valence-corrected chi connectivity index (χ4v) is 2.27. The second kappa shape index (κ2) is 7.50. The standard InChI is InChI=1S/C13H22N4O.ClH/c1-10(2)9-17-8-7-15-13(17)16-12(18)11-3-5-14-6-4-11;/h7-8,10-11,14H,3-6,9H2,1-2H3,(H,15,16,18);1H. The Hall–Kier alpha value is -1.07. The Labute approximate surface area is 120 Å². The molecule has 0 aliphatic carbocycles. The molecule has 5 nitrogen and oxygen atoms in total. The van der Waals surface area contributed by atoms with E-state index in [1.807, 2.05) is 10.8 Å². The molecule has 1 amide bonds. The van der Waals surface area contributed by atoms with Crippen LogP contribution in [0.4, 0.5) is 5.95 Å². The second-order valence-corrected chi connectivity index (χ2v) is 5.31. The van der Waals surface area contributed by atoms with Crippen LogP contribution >= 0.6 is 12.4 Å². The highest BCUT2D eigenvalue weighted by atomic mass is 35.5. The molecule has 19 heavy (non-hydrogen) atoms. The van der Waals surface area contributed by atoms with E-state index in [-0.39, 0.29) is 24.2 Å². The molecule has 0 radical (unpaired) electrons. The summed E-state index contributed by atoms with van der Waals surface area (Å²) in [5.74, 6) is 1.43. The average Bonchev–Trinajstić information content (AvgIpc) is 2.77. The van der Waals surface area contributed by atoms with Gasteiger partial charge >= 0.3 is 0 Å². The van der Waals surface area contributed by atoms with Crippen molar-refractivity contribution in [2.75, 3.05) is 18.4 Å². The van der Waals surface area contributed by atoms with E-state index in [9.17, 15) is 4.79 Å². The summed E-state index contributed by atoms with van der Waals surface area (Å²) in [7, 11) is 0. The zero-order chi connectivity index (χ0) is 13.0. The molecule has 1 aromatic heterocycles. The molecule has 1 fully saturated rings. The van der Waals surface area contributed by atoms with Gasteiger partial charge in [-0.25, -0.2) is 4.98 Å². The van der Waals surface area contributed by atoms with E-state index >= 15 is 0 Å². The van der Waals surface area contributed by atoms with Crippen LogP contribution in [0, 0.1) is 11.8 Å². The number of amides is 1. The van der Waals surface area contributed by atoms with E-state index in [2.05, 4.69) is 29.5 Å². The van der Waals surface area contributed by atoms with Crippen LogP contribution in [0.1, 0.15) is 26.7 Å². The highest BCUT2D eigenvalue weighted by molar-refractivity contribution is 5.91. The molecule has 6 heteroatoms. The number of anilines is 1. The molecule has 0 bridgehead atoms. The molecule has 1 aliphatic rings. The zero-order valence-electron chi connectivity index (χ0n) is 11.6. The van der Waals surface area contributed by atoms with E-state index in [0.29, 0.717) is 11.9 Å². The number of piperidine rings is 1. The van der Waals surface area contributed by atoms with Crippen molar-refractivity contribution in [3.63, 3.8) is 0 Å². The molecule has 0 saturated carbocycles. The summed E-state index contributed by atoms with van der Waals surface area (Å²) in [6.07, 6.45) is 5.48. The first-order chi connectivity index (χ1) is 8.66. The third-order valence-electron chi connectivity index (χ3n) is 3.22. The van der Waals surface area contributed by atoms with Crippen LogP contribution in [0.25, 0.3) is 0 Å². The number of carbonyl (C=O) groups is 1. The van der Waals surface area contributed by atoms with Crippen molar-refractivity contribution in [1.29, 1.82) is 0 Å². The lowest BCUT2D eigenvalue weighted by molar-refractivity contribution is -0.120. The van der Waals surface area contributed by atoms with E-state index < -0.39 is 0 Å². The van der Waals surface area contributed by atoms with Gasteiger partial charge in [0, 0.05) is 24.9 Å². The largest absolute Gasteiger partial charge is 0.317 e. The Morgan fingerprint density at radius 2 is 2.21 bits per heavy atom. The highest BCUT2D eigenvalue weighted by Crippen LogP contribution is 2.15. The molecular weight excluding hydrogens is 264 g/mol. The summed E-state index contributed by atoms with van der Waals surface area (Å²) in [4.78, 5) is 16.3. The van der Waals surface area contributed by atoms with Gasteiger partial charge in [-0.2, -0.15) is 0 Å². The minimum Gasteiger partial charge on any atom is -0.317 e. The quantitative estimate of drug-likeness (QED) is 0.889. The topological polar surface area (TPSA) is 59.0 Å². The lowest BCUT2D eigenvalue weighted by Gasteiger charge is -2.21. The molecule has 1 aliphatic heterocycles. The van der Waals surface area contributed by atoms with Gasteiger partial charge in [-0.15, -0.1) is 12.4 Å². The minimum absolute atomic E-state index is 0. The van der Waals surface area contributed by atoms with Gasteiger partial charge in [0.1, 0.15) is 0 Å². The summed E-state index contributed by atoms with van der Waals surface area (Å²) in [5, 5.41) is 6.22. The normalized spacial score (nSPS) is 16.2. The molecule has 1 saturated heterocycles. The van der Waals surface area contributed by atoms with Crippen LogP contribution in [0.2, 0.25) is 0 Å². The van der Waals surface area contributed by atoms with Gasteiger partial charge in [-0.1, -0.05) is 13.8 Å². The summed E-state index contributed by atoms with van der Waals surface area (Å²) >= 11 is 0.